The lowest BCUT2D eigenvalue weighted by Gasteiger charge is -2.14. The summed E-state index contributed by atoms with van der Waals surface area (Å²) in [6.45, 7) is 1.30. The highest BCUT2D eigenvalue weighted by atomic mass is 16.5. The van der Waals surface area contributed by atoms with Crippen molar-refractivity contribution in [2.24, 2.45) is 0 Å². The van der Waals surface area contributed by atoms with Crippen LogP contribution in [-0.4, -0.2) is 35.2 Å². The van der Waals surface area contributed by atoms with Gasteiger partial charge >= 0.3 is 5.97 Å². The molecule has 1 aliphatic heterocycles. The molecule has 2 amide bonds. The lowest BCUT2D eigenvalue weighted by Crippen LogP contribution is -2.29. The molecule has 5 aromatic rings. The van der Waals surface area contributed by atoms with Gasteiger partial charge in [-0.3, -0.25) is 19.4 Å². The number of carbonyl (C=O) groups excluding carboxylic acids is 4. The van der Waals surface area contributed by atoms with E-state index >= 15 is 0 Å². The molecule has 6 rings (SSSR count). The molecule has 0 saturated heterocycles. The number of para-hydroxylation sites is 1. The average Bonchev–Trinajstić information content (AvgIpc) is 3.22. The molecule has 184 valence electrons. The van der Waals surface area contributed by atoms with Crippen molar-refractivity contribution < 1.29 is 23.9 Å². The number of anilines is 1. The number of benzene rings is 4. The maximum atomic E-state index is 13.3. The molecule has 0 radical (unpaired) electrons. The quantitative estimate of drug-likeness (QED) is 0.179. The molecule has 0 saturated carbocycles. The van der Waals surface area contributed by atoms with Crippen LogP contribution in [0.25, 0.3) is 21.7 Å². The SMILES string of the molecule is Cc1nc2ccccc2c2c1C(=O)N(c1ccc(C(=O)OCC(=O)c3cccc4ccccc34)cc1)C2=O. The van der Waals surface area contributed by atoms with Gasteiger partial charge in [-0.25, -0.2) is 9.69 Å². The van der Waals surface area contributed by atoms with E-state index in [1.54, 1.807) is 37.3 Å². The Balaban J connectivity index is 1.20. The standard InChI is InChI=1S/C31H20N2O5/c1-18-27-28(24-10-4-5-12-25(24)32-18)30(36)33(29(27)35)21-15-13-20(14-16-21)31(37)38-17-26(34)23-11-6-8-19-7-2-3-9-22(19)23/h2-16H,17H2,1H3. The predicted molar refractivity (Wildman–Crippen MR) is 143 cm³/mol. The first kappa shape index (κ1) is 23.2. The van der Waals surface area contributed by atoms with Gasteiger partial charge in [0.1, 0.15) is 0 Å². The monoisotopic (exact) mass is 500 g/mol. The van der Waals surface area contributed by atoms with E-state index in [1.165, 1.54) is 24.3 Å². The molecule has 0 bridgehead atoms. The van der Waals surface area contributed by atoms with Gasteiger partial charge in [0.05, 0.1) is 33.6 Å². The fourth-order valence-electron chi connectivity index (χ4n) is 4.88. The van der Waals surface area contributed by atoms with Crippen LogP contribution in [0.15, 0.2) is 91.0 Å². The van der Waals surface area contributed by atoms with Crippen molar-refractivity contribution in [2.45, 2.75) is 6.92 Å². The Hall–Kier alpha value is -5.17. The van der Waals surface area contributed by atoms with Crippen molar-refractivity contribution in [3.63, 3.8) is 0 Å². The number of fused-ring (bicyclic) bond motifs is 4. The first-order valence-corrected chi connectivity index (χ1v) is 12.0. The molecule has 0 fully saturated rings. The zero-order valence-electron chi connectivity index (χ0n) is 20.3. The molecule has 1 aliphatic rings. The van der Waals surface area contributed by atoms with Crippen LogP contribution in [0.5, 0.6) is 0 Å². The van der Waals surface area contributed by atoms with Gasteiger partial charge in [0, 0.05) is 10.9 Å². The van der Waals surface area contributed by atoms with Crippen LogP contribution in [-0.2, 0) is 4.74 Å². The fourth-order valence-corrected chi connectivity index (χ4v) is 4.88. The number of hydrogen-bond donors (Lipinski definition) is 0. The minimum atomic E-state index is -0.682. The number of aryl methyl sites for hydroxylation is 1. The Morgan fingerprint density at radius 2 is 1.42 bits per heavy atom. The molecular formula is C31H20N2O5. The van der Waals surface area contributed by atoms with Gasteiger partial charge in [-0.1, -0.05) is 60.7 Å². The lowest BCUT2D eigenvalue weighted by atomic mass is 10.0. The Bertz CT molecular complexity index is 1800. The second-order valence-electron chi connectivity index (χ2n) is 8.98. The van der Waals surface area contributed by atoms with E-state index in [1.807, 2.05) is 36.4 Å². The summed E-state index contributed by atoms with van der Waals surface area (Å²) in [6.07, 6.45) is 0. The maximum absolute atomic E-state index is 13.3. The summed E-state index contributed by atoms with van der Waals surface area (Å²) in [7, 11) is 0. The number of aromatic nitrogens is 1. The van der Waals surface area contributed by atoms with Crippen molar-refractivity contribution in [1.82, 2.24) is 4.98 Å². The number of ketones is 1. The molecule has 0 aliphatic carbocycles. The number of carbonyl (C=O) groups is 4. The molecule has 7 nitrogen and oxygen atoms in total. The van der Waals surface area contributed by atoms with Crippen LogP contribution >= 0.6 is 0 Å². The second kappa shape index (κ2) is 9.05. The van der Waals surface area contributed by atoms with Gasteiger partial charge in [0.25, 0.3) is 11.8 Å². The predicted octanol–water partition coefficient (Wildman–Crippen LogP) is 5.54. The van der Waals surface area contributed by atoms with Crippen LogP contribution in [0.4, 0.5) is 5.69 Å². The molecule has 38 heavy (non-hydrogen) atoms. The molecule has 0 unspecified atom stereocenters. The number of amides is 2. The van der Waals surface area contributed by atoms with Crippen molar-refractivity contribution >= 4 is 50.9 Å². The van der Waals surface area contributed by atoms with Gasteiger partial charge in [-0.05, 0) is 48.0 Å². The highest BCUT2D eigenvalue weighted by molar-refractivity contribution is 6.37. The van der Waals surface area contributed by atoms with E-state index < -0.39 is 24.4 Å². The van der Waals surface area contributed by atoms with Gasteiger partial charge in [-0.2, -0.15) is 0 Å². The number of rotatable bonds is 5. The molecule has 0 N–H and O–H groups in total. The van der Waals surface area contributed by atoms with Crippen molar-refractivity contribution in [3.8, 4) is 0 Å². The number of esters is 1. The zero-order chi connectivity index (χ0) is 26.4. The van der Waals surface area contributed by atoms with Crippen LogP contribution < -0.4 is 4.90 Å². The Labute approximate surface area is 217 Å². The van der Waals surface area contributed by atoms with Crippen molar-refractivity contribution in [2.75, 3.05) is 11.5 Å². The number of imide groups is 1. The lowest BCUT2D eigenvalue weighted by molar-refractivity contribution is 0.0475. The smallest absolute Gasteiger partial charge is 0.338 e. The average molecular weight is 501 g/mol. The molecule has 0 spiro atoms. The molecule has 1 aromatic heterocycles. The van der Waals surface area contributed by atoms with Gasteiger partial charge in [0.2, 0.25) is 5.78 Å². The number of nitrogens with zero attached hydrogens (tertiary/aromatic N) is 2. The number of hydrogen-bond acceptors (Lipinski definition) is 6. The normalized spacial score (nSPS) is 12.7. The van der Waals surface area contributed by atoms with Gasteiger partial charge in [-0.15, -0.1) is 0 Å². The summed E-state index contributed by atoms with van der Waals surface area (Å²) in [5.74, 6) is -1.90. The highest BCUT2D eigenvalue weighted by Crippen LogP contribution is 2.34. The Kier molecular flexibility index (Phi) is 5.53. The third-order valence-corrected chi connectivity index (χ3v) is 6.69. The highest BCUT2D eigenvalue weighted by Gasteiger charge is 2.40. The summed E-state index contributed by atoms with van der Waals surface area (Å²) < 4.78 is 5.27. The Morgan fingerprint density at radius 3 is 2.21 bits per heavy atom. The van der Waals surface area contributed by atoms with Gasteiger partial charge < -0.3 is 4.74 Å². The van der Waals surface area contributed by atoms with E-state index in [4.69, 9.17) is 4.74 Å². The first-order chi connectivity index (χ1) is 18.4. The fraction of sp³-hybridized carbons (Fsp3) is 0.0645. The van der Waals surface area contributed by atoms with Crippen molar-refractivity contribution in [3.05, 3.63) is 119 Å². The number of Topliss-reactive ketones (excluding diaryl/α,β-unsaturated/α-hetero) is 1. The molecule has 7 heteroatoms. The molecular weight excluding hydrogens is 480 g/mol. The number of ether oxygens (including phenoxy) is 1. The minimum Gasteiger partial charge on any atom is -0.454 e. The molecule has 4 aromatic carbocycles. The second-order valence-corrected chi connectivity index (χ2v) is 8.98. The van der Waals surface area contributed by atoms with Crippen LogP contribution in [0.2, 0.25) is 0 Å². The Morgan fingerprint density at radius 1 is 0.763 bits per heavy atom. The molecule has 2 heterocycles. The third-order valence-electron chi connectivity index (χ3n) is 6.69. The van der Waals surface area contributed by atoms with Crippen molar-refractivity contribution in [1.29, 1.82) is 0 Å². The van der Waals surface area contributed by atoms with Crippen LogP contribution in [0.1, 0.15) is 47.1 Å². The van der Waals surface area contributed by atoms with Crippen LogP contribution in [0.3, 0.4) is 0 Å². The summed E-state index contributed by atoms with van der Waals surface area (Å²) in [4.78, 5) is 57.6. The summed E-state index contributed by atoms with van der Waals surface area (Å²) in [5.41, 5.74) is 2.73. The third kappa shape index (κ3) is 3.72. The van der Waals surface area contributed by atoms with Crippen LogP contribution in [0, 0.1) is 6.92 Å². The van der Waals surface area contributed by atoms with E-state index in [2.05, 4.69) is 4.98 Å². The van der Waals surface area contributed by atoms with Gasteiger partial charge in [0.15, 0.2) is 6.61 Å². The minimum absolute atomic E-state index is 0.194. The van der Waals surface area contributed by atoms with E-state index in [-0.39, 0.29) is 16.9 Å². The van der Waals surface area contributed by atoms with E-state index in [9.17, 15) is 19.2 Å². The maximum Gasteiger partial charge on any atom is 0.338 e. The molecule has 0 atom stereocenters. The zero-order valence-corrected chi connectivity index (χ0v) is 20.3. The first-order valence-electron chi connectivity index (χ1n) is 12.0. The largest absolute Gasteiger partial charge is 0.454 e. The summed E-state index contributed by atoms with van der Waals surface area (Å²) in [5, 5.41) is 2.33. The summed E-state index contributed by atoms with van der Waals surface area (Å²) in [6, 6.07) is 26.0. The summed E-state index contributed by atoms with van der Waals surface area (Å²) >= 11 is 0. The number of pyridine rings is 1. The van der Waals surface area contributed by atoms with E-state index in [0.717, 1.165) is 15.7 Å². The van der Waals surface area contributed by atoms with E-state index in [0.29, 0.717) is 33.4 Å². The topological polar surface area (TPSA) is 93.6 Å².